The van der Waals surface area contributed by atoms with Gasteiger partial charge in [0, 0.05) is 12.1 Å². The van der Waals surface area contributed by atoms with Gasteiger partial charge in [0.25, 0.3) is 0 Å². The van der Waals surface area contributed by atoms with Crippen LogP contribution in [0.1, 0.15) is 17.5 Å². The second kappa shape index (κ2) is 6.57. The molecule has 0 radical (unpaired) electrons. The lowest BCUT2D eigenvalue weighted by Gasteiger charge is -2.35. The Bertz CT molecular complexity index is 696. The van der Waals surface area contributed by atoms with Crippen LogP contribution in [-0.2, 0) is 11.3 Å². The molecule has 2 bridgehead atoms. The maximum Gasteiger partial charge on any atom is 0.120 e. The Morgan fingerprint density at radius 2 is 1.96 bits per heavy atom. The highest BCUT2D eigenvalue weighted by Gasteiger charge is 2.26. The molecule has 2 heterocycles. The molecule has 0 amide bonds. The quantitative estimate of drug-likeness (QED) is 0.939. The number of fused-ring (bicyclic) bond motifs is 2. The average Bonchev–Trinajstić information content (AvgIpc) is 2.61. The summed E-state index contributed by atoms with van der Waals surface area (Å²) < 4.78 is 11.6. The number of hydrogen-bond acceptors (Lipinski definition) is 3. The van der Waals surface area contributed by atoms with Crippen LogP contribution < -0.4 is 10.1 Å². The Morgan fingerprint density at radius 1 is 1.04 bits per heavy atom. The summed E-state index contributed by atoms with van der Waals surface area (Å²) >= 11 is 0. The number of rotatable bonds is 4. The topological polar surface area (TPSA) is 30.5 Å². The van der Waals surface area contributed by atoms with E-state index in [9.17, 15) is 0 Å². The van der Waals surface area contributed by atoms with E-state index in [0.717, 1.165) is 25.4 Å². The second-order valence-corrected chi connectivity index (χ2v) is 6.21. The molecular weight excluding hydrogens is 286 g/mol. The van der Waals surface area contributed by atoms with Crippen molar-refractivity contribution in [3.8, 4) is 5.75 Å². The third-order valence-electron chi connectivity index (χ3n) is 4.39. The molecule has 118 valence electrons. The first-order valence-corrected chi connectivity index (χ1v) is 8.18. The molecule has 2 unspecified atom stereocenters. The van der Waals surface area contributed by atoms with Gasteiger partial charge in [-0.3, -0.25) is 0 Å². The summed E-state index contributed by atoms with van der Waals surface area (Å²) in [5.41, 5.74) is 3.84. The highest BCUT2D eigenvalue weighted by atomic mass is 16.5. The van der Waals surface area contributed by atoms with Crippen molar-refractivity contribution in [2.24, 2.45) is 0 Å². The van der Waals surface area contributed by atoms with Crippen molar-refractivity contribution in [1.29, 1.82) is 0 Å². The van der Waals surface area contributed by atoms with Crippen molar-refractivity contribution in [2.45, 2.75) is 25.1 Å². The molecule has 2 aliphatic rings. The average molecular weight is 307 g/mol. The van der Waals surface area contributed by atoms with Crippen molar-refractivity contribution in [1.82, 2.24) is 5.32 Å². The lowest BCUT2D eigenvalue weighted by molar-refractivity contribution is 0.0561. The van der Waals surface area contributed by atoms with Crippen molar-refractivity contribution < 1.29 is 9.47 Å². The summed E-state index contributed by atoms with van der Waals surface area (Å²) in [6.45, 7) is 2.17. The molecule has 1 fully saturated rings. The van der Waals surface area contributed by atoms with Gasteiger partial charge in [-0.15, -0.1) is 0 Å². The predicted octanol–water partition coefficient (Wildman–Crippen LogP) is 3.41. The van der Waals surface area contributed by atoms with Gasteiger partial charge in [0.15, 0.2) is 0 Å². The van der Waals surface area contributed by atoms with E-state index in [1.165, 1.54) is 16.7 Å². The van der Waals surface area contributed by atoms with E-state index >= 15 is 0 Å². The van der Waals surface area contributed by atoms with Crippen LogP contribution in [0.5, 0.6) is 5.75 Å². The number of benzene rings is 2. The minimum Gasteiger partial charge on any atom is -0.489 e. The molecule has 1 saturated heterocycles. The van der Waals surface area contributed by atoms with Crippen LogP contribution in [0.2, 0.25) is 0 Å². The zero-order valence-electron chi connectivity index (χ0n) is 13.1. The monoisotopic (exact) mass is 307 g/mol. The molecule has 23 heavy (non-hydrogen) atoms. The maximum absolute atomic E-state index is 5.95. The van der Waals surface area contributed by atoms with Gasteiger partial charge in [-0.05, 0) is 35.3 Å². The summed E-state index contributed by atoms with van der Waals surface area (Å²) in [4.78, 5) is 0. The molecular formula is C20H21NO2. The van der Waals surface area contributed by atoms with Crippen molar-refractivity contribution in [3.05, 3.63) is 71.8 Å². The smallest absolute Gasteiger partial charge is 0.120 e. The van der Waals surface area contributed by atoms with Gasteiger partial charge in [-0.1, -0.05) is 48.5 Å². The highest BCUT2D eigenvalue weighted by Crippen LogP contribution is 2.29. The predicted molar refractivity (Wildman–Crippen MR) is 91.3 cm³/mol. The van der Waals surface area contributed by atoms with Crippen LogP contribution in [0.15, 0.2) is 60.7 Å². The molecule has 2 aromatic rings. The molecule has 0 aliphatic carbocycles. The fourth-order valence-corrected chi connectivity index (χ4v) is 3.27. The standard InChI is InChI=1S/C20H21NO2/c1-2-5-15(6-3-1)12-23-20-8-4-7-16(11-20)17-9-18-13-22-14-19(10-17)21-18/h1-9,11,18-19,21H,10,12-14H2. The zero-order chi connectivity index (χ0) is 15.5. The molecule has 3 heteroatoms. The second-order valence-electron chi connectivity index (χ2n) is 6.21. The van der Waals surface area contributed by atoms with Crippen LogP contribution in [0.25, 0.3) is 5.57 Å². The molecule has 1 N–H and O–H groups in total. The Hall–Kier alpha value is -2.10. The van der Waals surface area contributed by atoms with E-state index < -0.39 is 0 Å². The zero-order valence-corrected chi connectivity index (χ0v) is 13.1. The lowest BCUT2D eigenvalue weighted by Crippen LogP contribution is -2.50. The van der Waals surface area contributed by atoms with E-state index in [-0.39, 0.29) is 0 Å². The third-order valence-corrected chi connectivity index (χ3v) is 4.39. The van der Waals surface area contributed by atoms with Crippen LogP contribution in [0.4, 0.5) is 0 Å². The van der Waals surface area contributed by atoms with E-state index in [4.69, 9.17) is 9.47 Å². The summed E-state index contributed by atoms with van der Waals surface area (Å²) in [6, 6.07) is 19.5. The minimum atomic E-state index is 0.339. The molecule has 2 atom stereocenters. The number of hydrogen-bond donors (Lipinski definition) is 1. The van der Waals surface area contributed by atoms with Gasteiger partial charge in [0.05, 0.1) is 13.2 Å². The first kappa shape index (κ1) is 14.5. The molecule has 2 aliphatic heterocycles. The van der Waals surface area contributed by atoms with Crippen LogP contribution in [0, 0.1) is 0 Å². The minimum absolute atomic E-state index is 0.339. The molecule has 2 aromatic carbocycles. The van der Waals surface area contributed by atoms with Gasteiger partial charge >= 0.3 is 0 Å². The molecule has 0 aromatic heterocycles. The first-order valence-electron chi connectivity index (χ1n) is 8.18. The number of morpholine rings is 1. The SMILES string of the molecule is C1=C(c2cccc(OCc3ccccc3)c2)CC2COCC1N2. The largest absolute Gasteiger partial charge is 0.489 e. The van der Waals surface area contributed by atoms with Gasteiger partial charge in [-0.25, -0.2) is 0 Å². The van der Waals surface area contributed by atoms with Crippen molar-refractivity contribution >= 4 is 5.57 Å². The van der Waals surface area contributed by atoms with E-state index in [1.54, 1.807) is 0 Å². The number of ether oxygens (including phenoxy) is 2. The Balaban J connectivity index is 1.49. The highest BCUT2D eigenvalue weighted by molar-refractivity contribution is 5.68. The lowest BCUT2D eigenvalue weighted by atomic mass is 9.92. The fourth-order valence-electron chi connectivity index (χ4n) is 3.27. The van der Waals surface area contributed by atoms with Gasteiger partial charge in [0.1, 0.15) is 12.4 Å². The van der Waals surface area contributed by atoms with Crippen molar-refractivity contribution in [3.63, 3.8) is 0 Å². The summed E-state index contributed by atoms with van der Waals surface area (Å²) in [6.07, 6.45) is 3.31. The first-order chi connectivity index (χ1) is 11.4. The van der Waals surface area contributed by atoms with Gasteiger partial charge < -0.3 is 14.8 Å². The molecule has 0 spiro atoms. The molecule has 3 nitrogen and oxygen atoms in total. The summed E-state index contributed by atoms with van der Waals surface area (Å²) in [5, 5.41) is 3.58. The van der Waals surface area contributed by atoms with Gasteiger partial charge in [0.2, 0.25) is 0 Å². The van der Waals surface area contributed by atoms with E-state index in [1.807, 2.05) is 24.3 Å². The van der Waals surface area contributed by atoms with Crippen LogP contribution >= 0.6 is 0 Å². The summed E-state index contributed by atoms with van der Waals surface area (Å²) in [7, 11) is 0. The number of nitrogens with one attached hydrogen (secondary N) is 1. The third kappa shape index (κ3) is 3.46. The molecule has 4 rings (SSSR count). The Labute approximate surface area is 136 Å². The molecule has 0 saturated carbocycles. The summed E-state index contributed by atoms with van der Waals surface area (Å²) in [5.74, 6) is 0.923. The van der Waals surface area contributed by atoms with E-state index in [0.29, 0.717) is 18.7 Å². The maximum atomic E-state index is 5.95. The Morgan fingerprint density at radius 3 is 2.83 bits per heavy atom. The van der Waals surface area contributed by atoms with Crippen molar-refractivity contribution in [2.75, 3.05) is 13.2 Å². The normalized spacial score (nSPS) is 23.2. The van der Waals surface area contributed by atoms with E-state index in [2.05, 4.69) is 41.7 Å². The van der Waals surface area contributed by atoms with Crippen LogP contribution in [0.3, 0.4) is 0 Å². The Kier molecular flexibility index (Phi) is 4.14. The van der Waals surface area contributed by atoms with Crippen LogP contribution in [-0.4, -0.2) is 25.3 Å². The van der Waals surface area contributed by atoms with Gasteiger partial charge in [-0.2, -0.15) is 0 Å². The fraction of sp³-hybridized carbons (Fsp3) is 0.300.